The molecule has 1 atom stereocenters. The van der Waals surface area contributed by atoms with Gasteiger partial charge in [-0.25, -0.2) is 4.79 Å². The molecule has 1 rings (SSSR count). The lowest BCUT2D eigenvalue weighted by Crippen LogP contribution is -2.59. The van der Waals surface area contributed by atoms with Crippen LogP contribution in [-0.4, -0.2) is 53.8 Å². The predicted molar refractivity (Wildman–Crippen MR) is 60.3 cm³/mol. The fourth-order valence-corrected chi connectivity index (χ4v) is 1.80. The first-order chi connectivity index (χ1) is 8.40. The zero-order valence-electron chi connectivity index (χ0n) is 10.6. The van der Waals surface area contributed by atoms with Gasteiger partial charge in [-0.05, 0) is 6.42 Å². The molecule has 7 heteroatoms. The molecule has 0 spiro atoms. The fraction of sp³-hybridized carbons (Fsp3) is 0.636. The van der Waals surface area contributed by atoms with E-state index in [0.717, 1.165) is 11.8 Å². The second kappa shape index (κ2) is 5.72. The maximum Gasteiger partial charge on any atom is 0.340 e. The van der Waals surface area contributed by atoms with Crippen molar-refractivity contribution in [3.63, 3.8) is 0 Å². The first-order valence-corrected chi connectivity index (χ1v) is 5.55. The largest absolute Gasteiger partial charge is 0.385 e. The van der Waals surface area contributed by atoms with Crippen molar-refractivity contribution in [2.24, 2.45) is 5.92 Å². The van der Waals surface area contributed by atoms with Crippen LogP contribution in [0, 0.1) is 5.92 Å². The summed E-state index contributed by atoms with van der Waals surface area (Å²) in [7, 11) is 1.49. The van der Waals surface area contributed by atoms with E-state index in [2.05, 4.69) is 0 Å². The SMILES string of the molecule is COCCC1CN(C(C)=O)C(=O)N(C(C)=O)C1=O. The van der Waals surface area contributed by atoms with E-state index < -0.39 is 29.7 Å². The Bertz CT molecular complexity index is 393. The van der Waals surface area contributed by atoms with E-state index in [4.69, 9.17) is 4.74 Å². The summed E-state index contributed by atoms with van der Waals surface area (Å²) < 4.78 is 4.87. The van der Waals surface area contributed by atoms with Gasteiger partial charge in [-0.15, -0.1) is 0 Å². The summed E-state index contributed by atoms with van der Waals surface area (Å²) in [6, 6.07) is -0.867. The van der Waals surface area contributed by atoms with Crippen LogP contribution in [0.2, 0.25) is 0 Å². The Morgan fingerprint density at radius 2 is 1.89 bits per heavy atom. The van der Waals surface area contributed by atoms with Gasteiger partial charge in [0.1, 0.15) is 0 Å². The second-order valence-corrected chi connectivity index (χ2v) is 4.08. The standard InChI is InChI=1S/C11H16N2O5/c1-7(14)12-6-9(4-5-18-3)10(16)13(8(2)15)11(12)17/h9H,4-6H2,1-3H3. The Labute approximate surface area is 105 Å². The Morgan fingerprint density at radius 3 is 2.33 bits per heavy atom. The van der Waals surface area contributed by atoms with Gasteiger partial charge >= 0.3 is 6.03 Å². The maximum atomic E-state index is 11.9. The van der Waals surface area contributed by atoms with Gasteiger partial charge in [-0.1, -0.05) is 0 Å². The minimum Gasteiger partial charge on any atom is -0.385 e. The van der Waals surface area contributed by atoms with Gasteiger partial charge in [0.25, 0.3) is 0 Å². The van der Waals surface area contributed by atoms with E-state index >= 15 is 0 Å². The highest BCUT2D eigenvalue weighted by atomic mass is 16.5. The van der Waals surface area contributed by atoms with E-state index in [1.807, 2.05) is 0 Å². The Hall–Kier alpha value is -1.76. The van der Waals surface area contributed by atoms with Gasteiger partial charge < -0.3 is 4.74 Å². The Kier molecular flexibility index (Phi) is 4.55. The summed E-state index contributed by atoms with van der Waals surface area (Å²) in [6.45, 7) is 2.66. The van der Waals surface area contributed by atoms with Crippen LogP contribution in [0.4, 0.5) is 4.79 Å². The maximum absolute atomic E-state index is 11.9. The molecule has 7 nitrogen and oxygen atoms in total. The molecular weight excluding hydrogens is 240 g/mol. The molecule has 1 fully saturated rings. The van der Waals surface area contributed by atoms with E-state index in [1.54, 1.807) is 0 Å². The number of carbonyl (C=O) groups excluding carboxylic acids is 4. The number of carbonyl (C=O) groups is 4. The zero-order valence-corrected chi connectivity index (χ0v) is 10.6. The molecular formula is C11H16N2O5. The van der Waals surface area contributed by atoms with Crippen LogP contribution in [0.5, 0.6) is 0 Å². The lowest BCUT2D eigenvalue weighted by molar-refractivity contribution is -0.147. The summed E-state index contributed by atoms with van der Waals surface area (Å²) in [6.07, 6.45) is 0.357. The predicted octanol–water partition coefficient (Wildman–Crippen LogP) is -0.00370. The lowest BCUT2D eigenvalue weighted by Gasteiger charge is -2.35. The van der Waals surface area contributed by atoms with Crippen LogP contribution in [0.15, 0.2) is 0 Å². The van der Waals surface area contributed by atoms with Crippen molar-refractivity contribution in [3.8, 4) is 0 Å². The van der Waals surface area contributed by atoms with Crippen LogP contribution >= 0.6 is 0 Å². The highest BCUT2D eigenvalue weighted by Crippen LogP contribution is 2.19. The molecule has 0 radical (unpaired) electrons. The molecule has 0 aromatic rings. The number of imide groups is 4. The third-order valence-corrected chi connectivity index (χ3v) is 2.76. The summed E-state index contributed by atoms with van der Waals surface area (Å²) in [5.74, 6) is -2.32. The van der Waals surface area contributed by atoms with Gasteiger partial charge in [-0.3, -0.25) is 19.3 Å². The summed E-state index contributed by atoms with van der Waals surface area (Å²) in [5, 5.41) is 0. The number of ether oxygens (including phenoxy) is 1. The highest BCUT2D eigenvalue weighted by molar-refractivity contribution is 6.15. The number of hydrogen-bond acceptors (Lipinski definition) is 5. The van der Waals surface area contributed by atoms with Crippen LogP contribution in [0.1, 0.15) is 20.3 Å². The quantitative estimate of drug-likeness (QED) is 0.709. The monoisotopic (exact) mass is 256 g/mol. The molecule has 1 heterocycles. The number of amides is 5. The Morgan fingerprint density at radius 1 is 1.28 bits per heavy atom. The van der Waals surface area contributed by atoms with E-state index in [9.17, 15) is 19.2 Å². The number of methoxy groups -OCH3 is 1. The van der Waals surface area contributed by atoms with Gasteiger partial charge in [0.2, 0.25) is 17.7 Å². The van der Waals surface area contributed by atoms with Gasteiger partial charge in [-0.2, -0.15) is 4.90 Å². The van der Waals surface area contributed by atoms with Gasteiger partial charge in [0.05, 0.1) is 5.92 Å². The van der Waals surface area contributed by atoms with Crippen molar-refractivity contribution in [1.29, 1.82) is 0 Å². The molecule has 5 amide bonds. The van der Waals surface area contributed by atoms with Crippen molar-refractivity contribution in [2.45, 2.75) is 20.3 Å². The second-order valence-electron chi connectivity index (χ2n) is 4.08. The summed E-state index contributed by atoms with van der Waals surface area (Å²) in [4.78, 5) is 47.8. The van der Waals surface area contributed by atoms with Crippen molar-refractivity contribution in [2.75, 3.05) is 20.3 Å². The minimum absolute atomic E-state index is 0.000139. The van der Waals surface area contributed by atoms with Crippen molar-refractivity contribution in [1.82, 2.24) is 9.80 Å². The van der Waals surface area contributed by atoms with Crippen molar-refractivity contribution >= 4 is 23.8 Å². The molecule has 1 aliphatic rings. The van der Waals surface area contributed by atoms with Gasteiger partial charge in [0.15, 0.2) is 0 Å². The molecule has 0 aromatic carbocycles. The van der Waals surface area contributed by atoms with E-state index in [-0.39, 0.29) is 6.54 Å². The summed E-state index contributed by atoms with van der Waals surface area (Å²) >= 11 is 0. The third kappa shape index (κ3) is 2.73. The van der Waals surface area contributed by atoms with Gasteiger partial charge in [0, 0.05) is 34.1 Å². The van der Waals surface area contributed by atoms with E-state index in [0.29, 0.717) is 17.9 Å². The average molecular weight is 256 g/mol. The highest BCUT2D eigenvalue weighted by Gasteiger charge is 2.42. The first kappa shape index (κ1) is 14.3. The molecule has 0 bridgehead atoms. The lowest BCUT2D eigenvalue weighted by atomic mass is 10.0. The fourth-order valence-electron chi connectivity index (χ4n) is 1.80. The topological polar surface area (TPSA) is 84.0 Å². The Balaban J connectivity index is 2.96. The normalized spacial score (nSPS) is 20.3. The third-order valence-electron chi connectivity index (χ3n) is 2.76. The number of urea groups is 1. The zero-order chi connectivity index (χ0) is 13.9. The summed E-state index contributed by atoms with van der Waals surface area (Å²) in [5.41, 5.74) is 0. The molecule has 1 saturated heterocycles. The smallest absolute Gasteiger partial charge is 0.340 e. The van der Waals surface area contributed by atoms with Crippen LogP contribution < -0.4 is 0 Å². The molecule has 0 saturated carbocycles. The molecule has 18 heavy (non-hydrogen) atoms. The van der Waals surface area contributed by atoms with Crippen molar-refractivity contribution < 1.29 is 23.9 Å². The van der Waals surface area contributed by atoms with Crippen LogP contribution in [-0.2, 0) is 19.1 Å². The number of hydrogen-bond donors (Lipinski definition) is 0. The first-order valence-electron chi connectivity index (χ1n) is 5.55. The molecule has 1 aliphatic heterocycles. The number of nitrogens with zero attached hydrogens (tertiary/aromatic N) is 2. The van der Waals surface area contributed by atoms with E-state index in [1.165, 1.54) is 14.0 Å². The average Bonchev–Trinajstić information content (AvgIpc) is 2.27. The molecule has 0 aromatic heterocycles. The molecule has 100 valence electrons. The van der Waals surface area contributed by atoms with Crippen molar-refractivity contribution in [3.05, 3.63) is 0 Å². The molecule has 0 aliphatic carbocycles. The van der Waals surface area contributed by atoms with Crippen LogP contribution in [0.25, 0.3) is 0 Å². The minimum atomic E-state index is -0.867. The molecule has 0 N–H and O–H groups in total. The van der Waals surface area contributed by atoms with Crippen LogP contribution in [0.3, 0.4) is 0 Å². The molecule has 1 unspecified atom stereocenters. The number of rotatable bonds is 3.